The van der Waals surface area contributed by atoms with Crippen molar-refractivity contribution in [1.82, 2.24) is 9.88 Å². The SMILES string of the molecule is COCC(=O)N1CCCCCC1C1CCN(c2cc(C#N)ccn2)CC1. The number of carbonyl (C=O) groups excluding carboxylic acids is 1. The Morgan fingerprint density at radius 2 is 2.08 bits per heavy atom. The lowest BCUT2D eigenvalue weighted by Crippen LogP contribution is -2.49. The second-order valence-electron chi connectivity index (χ2n) is 7.28. The second kappa shape index (κ2) is 9.00. The molecule has 6 heteroatoms. The fourth-order valence-electron chi connectivity index (χ4n) is 4.31. The molecule has 1 atom stereocenters. The van der Waals surface area contributed by atoms with E-state index in [9.17, 15) is 4.79 Å². The summed E-state index contributed by atoms with van der Waals surface area (Å²) in [6, 6.07) is 6.11. The van der Waals surface area contributed by atoms with Gasteiger partial charge in [-0.25, -0.2) is 4.98 Å². The molecule has 1 aromatic rings. The smallest absolute Gasteiger partial charge is 0.248 e. The monoisotopic (exact) mass is 356 g/mol. The van der Waals surface area contributed by atoms with E-state index in [1.807, 2.05) is 6.07 Å². The second-order valence-corrected chi connectivity index (χ2v) is 7.28. The molecule has 3 rings (SSSR count). The van der Waals surface area contributed by atoms with Gasteiger partial charge in [-0.3, -0.25) is 4.79 Å². The number of hydrogen-bond donors (Lipinski definition) is 0. The lowest BCUT2D eigenvalue weighted by Gasteiger charge is -2.41. The third-order valence-corrected chi connectivity index (χ3v) is 5.67. The van der Waals surface area contributed by atoms with Crippen molar-refractivity contribution < 1.29 is 9.53 Å². The molecule has 2 fully saturated rings. The highest BCUT2D eigenvalue weighted by Crippen LogP contribution is 2.31. The standard InChI is InChI=1S/C20H28N4O2/c1-26-15-20(25)24-10-4-2-3-5-18(24)17-7-11-23(12-8-17)19-13-16(14-21)6-9-22-19/h6,9,13,17-18H,2-5,7-8,10-12,15H2,1H3. The Morgan fingerprint density at radius 3 is 2.81 bits per heavy atom. The van der Waals surface area contributed by atoms with Crippen LogP contribution in [0.5, 0.6) is 0 Å². The van der Waals surface area contributed by atoms with E-state index in [0.717, 1.165) is 51.1 Å². The first-order valence-corrected chi connectivity index (χ1v) is 9.62. The Balaban J connectivity index is 1.65. The predicted octanol–water partition coefficient (Wildman–Crippen LogP) is 2.59. The lowest BCUT2D eigenvalue weighted by molar-refractivity contribution is -0.138. The van der Waals surface area contributed by atoms with Crippen molar-refractivity contribution in [1.29, 1.82) is 5.26 Å². The van der Waals surface area contributed by atoms with Crippen LogP contribution in [0.4, 0.5) is 5.82 Å². The summed E-state index contributed by atoms with van der Waals surface area (Å²) in [7, 11) is 1.59. The Labute approximate surface area is 155 Å². The first kappa shape index (κ1) is 18.7. The van der Waals surface area contributed by atoms with E-state index in [4.69, 9.17) is 10.00 Å². The third-order valence-electron chi connectivity index (χ3n) is 5.67. The highest BCUT2D eigenvalue weighted by molar-refractivity contribution is 5.77. The predicted molar refractivity (Wildman–Crippen MR) is 99.7 cm³/mol. The fourth-order valence-corrected chi connectivity index (χ4v) is 4.31. The summed E-state index contributed by atoms with van der Waals surface area (Å²) in [6.45, 7) is 2.89. The van der Waals surface area contributed by atoms with Gasteiger partial charge in [0.2, 0.25) is 5.91 Å². The Hall–Kier alpha value is -2.13. The normalized spacial score (nSPS) is 21.9. The molecule has 0 radical (unpaired) electrons. The van der Waals surface area contributed by atoms with Crippen LogP contribution in [0.1, 0.15) is 44.1 Å². The lowest BCUT2D eigenvalue weighted by atomic mass is 9.86. The quantitative estimate of drug-likeness (QED) is 0.829. The van der Waals surface area contributed by atoms with Crippen molar-refractivity contribution >= 4 is 11.7 Å². The number of likely N-dealkylation sites (tertiary alicyclic amines) is 1. The van der Waals surface area contributed by atoms with Gasteiger partial charge in [0.05, 0.1) is 11.6 Å². The molecule has 1 unspecified atom stereocenters. The Morgan fingerprint density at radius 1 is 1.27 bits per heavy atom. The van der Waals surface area contributed by atoms with Crippen molar-refractivity contribution in [3.63, 3.8) is 0 Å². The molecule has 0 N–H and O–H groups in total. The highest BCUT2D eigenvalue weighted by atomic mass is 16.5. The summed E-state index contributed by atoms with van der Waals surface area (Å²) in [5.41, 5.74) is 0.650. The van der Waals surface area contributed by atoms with Gasteiger partial charge >= 0.3 is 0 Å². The van der Waals surface area contributed by atoms with Gasteiger partial charge in [0.25, 0.3) is 0 Å². The summed E-state index contributed by atoms with van der Waals surface area (Å²) in [5, 5.41) is 9.08. The number of methoxy groups -OCH3 is 1. The van der Waals surface area contributed by atoms with Gasteiger partial charge in [-0.15, -0.1) is 0 Å². The number of anilines is 1. The maximum Gasteiger partial charge on any atom is 0.248 e. The van der Waals surface area contributed by atoms with Gasteiger partial charge in [0.1, 0.15) is 12.4 Å². The topological polar surface area (TPSA) is 69.5 Å². The molecule has 2 aliphatic rings. The van der Waals surface area contributed by atoms with E-state index >= 15 is 0 Å². The van der Waals surface area contributed by atoms with E-state index in [2.05, 4.69) is 20.9 Å². The summed E-state index contributed by atoms with van der Waals surface area (Å²) >= 11 is 0. The zero-order valence-corrected chi connectivity index (χ0v) is 15.6. The van der Waals surface area contributed by atoms with E-state index in [1.165, 1.54) is 12.8 Å². The van der Waals surface area contributed by atoms with E-state index in [1.54, 1.807) is 19.4 Å². The average Bonchev–Trinajstić information content (AvgIpc) is 2.94. The van der Waals surface area contributed by atoms with Gasteiger partial charge in [0, 0.05) is 39.0 Å². The molecular formula is C20H28N4O2. The largest absolute Gasteiger partial charge is 0.375 e. The van der Waals surface area contributed by atoms with Crippen molar-refractivity contribution in [3.8, 4) is 6.07 Å². The summed E-state index contributed by atoms with van der Waals surface area (Å²) in [6.07, 6.45) is 8.42. The number of carbonyl (C=O) groups is 1. The molecule has 0 aromatic carbocycles. The maximum atomic E-state index is 12.5. The first-order chi connectivity index (χ1) is 12.7. The van der Waals surface area contributed by atoms with Crippen LogP contribution in [0.3, 0.4) is 0 Å². The Bertz CT molecular complexity index is 649. The molecule has 1 aromatic heterocycles. The number of amides is 1. The minimum atomic E-state index is 0.130. The number of aromatic nitrogens is 1. The van der Waals surface area contributed by atoms with Gasteiger partial charge in [-0.1, -0.05) is 12.8 Å². The molecule has 2 saturated heterocycles. The number of ether oxygens (including phenoxy) is 1. The zero-order valence-electron chi connectivity index (χ0n) is 15.6. The molecule has 3 heterocycles. The van der Waals surface area contributed by atoms with Crippen molar-refractivity contribution in [2.75, 3.05) is 38.3 Å². The minimum absolute atomic E-state index is 0.130. The molecule has 26 heavy (non-hydrogen) atoms. The molecule has 6 nitrogen and oxygen atoms in total. The molecule has 0 bridgehead atoms. The molecule has 0 spiro atoms. The van der Waals surface area contributed by atoms with E-state index < -0.39 is 0 Å². The van der Waals surface area contributed by atoms with Crippen LogP contribution in [0.25, 0.3) is 0 Å². The van der Waals surface area contributed by atoms with E-state index in [0.29, 0.717) is 17.5 Å². The van der Waals surface area contributed by atoms with Gasteiger partial charge in [-0.05, 0) is 43.7 Å². The van der Waals surface area contributed by atoms with Crippen LogP contribution >= 0.6 is 0 Å². The first-order valence-electron chi connectivity index (χ1n) is 9.62. The van der Waals surface area contributed by atoms with Gasteiger partial charge in [0.15, 0.2) is 0 Å². The number of piperidine rings is 1. The van der Waals surface area contributed by atoms with Crippen molar-refractivity contribution in [3.05, 3.63) is 23.9 Å². The van der Waals surface area contributed by atoms with Gasteiger partial charge < -0.3 is 14.5 Å². The Kier molecular flexibility index (Phi) is 6.45. The molecular weight excluding hydrogens is 328 g/mol. The molecule has 140 valence electrons. The molecule has 2 aliphatic heterocycles. The van der Waals surface area contributed by atoms with Crippen LogP contribution in [-0.2, 0) is 9.53 Å². The van der Waals surface area contributed by atoms with Gasteiger partial charge in [-0.2, -0.15) is 5.26 Å². The van der Waals surface area contributed by atoms with Crippen molar-refractivity contribution in [2.24, 2.45) is 5.92 Å². The average molecular weight is 356 g/mol. The summed E-state index contributed by atoms with van der Waals surface area (Å²) < 4.78 is 5.10. The number of rotatable bonds is 4. The summed E-state index contributed by atoms with van der Waals surface area (Å²) in [5.74, 6) is 1.55. The van der Waals surface area contributed by atoms with Crippen LogP contribution in [0.15, 0.2) is 18.3 Å². The summed E-state index contributed by atoms with van der Waals surface area (Å²) in [4.78, 5) is 21.3. The minimum Gasteiger partial charge on any atom is -0.375 e. The number of hydrogen-bond acceptors (Lipinski definition) is 5. The maximum absolute atomic E-state index is 12.5. The van der Waals surface area contributed by atoms with Crippen LogP contribution in [0, 0.1) is 17.2 Å². The zero-order chi connectivity index (χ0) is 18.4. The number of nitrogens with zero attached hydrogens (tertiary/aromatic N) is 4. The fraction of sp³-hybridized carbons (Fsp3) is 0.650. The highest BCUT2D eigenvalue weighted by Gasteiger charge is 2.34. The molecule has 0 saturated carbocycles. The molecule has 0 aliphatic carbocycles. The van der Waals surface area contributed by atoms with Crippen LogP contribution in [-0.4, -0.2) is 55.2 Å². The van der Waals surface area contributed by atoms with Crippen LogP contribution in [0.2, 0.25) is 0 Å². The number of pyridine rings is 1. The van der Waals surface area contributed by atoms with Crippen molar-refractivity contribution in [2.45, 2.75) is 44.6 Å². The molecule has 1 amide bonds. The third kappa shape index (κ3) is 4.34. The van der Waals surface area contributed by atoms with E-state index in [-0.39, 0.29) is 12.5 Å². The number of nitriles is 1. The van der Waals surface area contributed by atoms with Crippen LogP contribution < -0.4 is 4.90 Å².